The molecule has 0 bridgehead atoms. The Morgan fingerprint density at radius 3 is 2.33 bits per heavy atom. The van der Waals surface area contributed by atoms with Crippen LogP contribution in [0.25, 0.3) is 22.3 Å². The van der Waals surface area contributed by atoms with Crippen LogP contribution in [-0.4, -0.2) is 138 Å². The van der Waals surface area contributed by atoms with E-state index < -0.39 is 108 Å². The Kier molecular flexibility index (Phi) is 15.4. The number of aromatic nitrogens is 2. The normalized spacial score (nSPS) is 21.1. The van der Waals surface area contributed by atoms with Crippen LogP contribution >= 0.6 is 12.6 Å². The molecule has 5 unspecified atom stereocenters. The molecule has 6 heterocycles. The van der Waals surface area contributed by atoms with Gasteiger partial charge in [0.1, 0.15) is 37.3 Å². The van der Waals surface area contributed by atoms with Gasteiger partial charge in [0, 0.05) is 60.3 Å². The molecule has 4 aliphatic rings. The number of rotatable bonds is 18. The molecule has 73 heavy (non-hydrogen) atoms. The number of anilines is 1. The third-order valence-electron chi connectivity index (χ3n) is 12.4. The van der Waals surface area contributed by atoms with Gasteiger partial charge >= 0.3 is 24.0 Å². The molecule has 388 valence electrons. The predicted molar refractivity (Wildman–Crippen MR) is 248 cm³/mol. The second-order valence-corrected chi connectivity index (χ2v) is 18.1. The molecule has 1 saturated heterocycles. The number of nitrogens with one attached hydrogen (secondary N) is 4. The largest absolute Gasteiger partial charge is 0.481 e. The third-order valence-corrected chi connectivity index (χ3v) is 12.7. The van der Waals surface area contributed by atoms with Crippen LogP contribution in [0.15, 0.2) is 41.2 Å². The molecule has 0 radical (unpaired) electrons. The first-order chi connectivity index (χ1) is 34.8. The number of aliphatic hydroxyl groups is 4. The first-order valence-corrected chi connectivity index (χ1v) is 23.0. The van der Waals surface area contributed by atoms with Crippen molar-refractivity contribution in [3.63, 3.8) is 0 Å². The van der Waals surface area contributed by atoms with E-state index in [0.717, 1.165) is 0 Å². The van der Waals surface area contributed by atoms with Crippen molar-refractivity contribution in [3.05, 3.63) is 74.6 Å². The molecule has 2 aromatic heterocycles. The van der Waals surface area contributed by atoms with Crippen molar-refractivity contribution in [1.82, 2.24) is 25.5 Å². The summed E-state index contributed by atoms with van der Waals surface area (Å²) in [7, 11) is 0. The van der Waals surface area contributed by atoms with Crippen molar-refractivity contribution < 1.29 is 92.6 Å². The minimum Gasteiger partial charge on any atom is -0.481 e. The van der Waals surface area contributed by atoms with Crippen molar-refractivity contribution in [2.75, 3.05) is 25.2 Å². The average molecular weight is 1040 g/mol. The van der Waals surface area contributed by atoms with Gasteiger partial charge < -0.3 is 84.9 Å². The monoisotopic (exact) mass is 1040 g/mol. The summed E-state index contributed by atoms with van der Waals surface area (Å²) in [6.45, 7) is 0.264. The smallest absolute Gasteiger partial charge is 0.407 e. The molecular weight excluding hydrogens is 989 g/mol. The molecule has 10 N–H and O–H groups in total. The van der Waals surface area contributed by atoms with E-state index in [1.807, 2.05) is 0 Å². The van der Waals surface area contributed by atoms with Gasteiger partial charge in [-0.25, -0.2) is 19.4 Å². The SMILES string of the molecule is CC(S)C(CC(=O)O)C(=O)NCCC(=O)NCCC(=O)Nc1cc(COC(=O)NCc2c3c(nc4cc5c(cc24)OCO5)-c2cc4c(c(=O)n2C3)COC(=O)[C@H]4O)ccc1O[C@@H]1OC(C(=O)O)[C@@H](O)C(O)C1O. The Morgan fingerprint density at radius 1 is 0.877 bits per heavy atom. The summed E-state index contributed by atoms with van der Waals surface area (Å²) in [4.78, 5) is 105. The number of ether oxygens (including phenoxy) is 6. The Bertz CT molecular complexity index is 2970. The van der Waals surface area contributed by atoms with E-state index in [1.54, 1.807) is 19.1 Å². The number of carboxylic acids is 2. The highest BCUT2D eigenvalue weighted by atomic mass is 32.1. The number of aliphatic carboxylic acids is 2. The molecule has 27 heteroatoms. The molecule has 4 amide bonds. The van der Waals surface area contributed by atoms with E-state index in [-0.39, 0.29) is 80.5 Å². The number of fused-ring (bicyclic) bond motifs is 6. The number of benzene rings is 2. The van der Waals surface area contributed by atoms with Crippen molar-refractivity contribution in [2.45, 2.75) is 94.5 Å². The zero-order chi connectivity index (χ0) is 52.4. The highest BCUT2D eigenvalue weighted by Gasteiger charge is 2.48. The van der Waals surface area contributed by atoms with Gasteiger partial charge in [0.15, 0.2) is 23.7 Å². The number of alkyl carbamates (subject to hydrolysis) is 1. The number of thiol groups is 1. The van der Waals surface area contributed by atoms with Gasteiger partial charge in [0.25, 0.3) is 5.56 Å². The van der Waals surface area contributed by atoms with E-state index in [4.69, 9.17) is 38.5 Å². The van der Waals surface area contributed by atoms with Crippen LogP contribution in [0.2, 0.25) is 0 Å². The molecular formula is C46H48N6O20S. The number of hydrogen-bond donors (Lipinski definition) is 11. The first-order valence-electron chi connectivity index (χ1n) is 22.5. The number of amides is 4. The summed E-state index contributed by atoms with van der Waals surface area (Å²) in [5, 5.41) is 70.7. The van der Waals surface area contributed by atoms with Gasteiger partial charge in [-0.3, -0.25) is 24.0 Å². The van der Waals surface area contributed by atoms with Crippen LogP contribution in [0.5, 0.6) is 17.2 Å². The zero-order valence-electron chi connectivity index (χ0n) is 38.4. The number of carbonyl (C=O) groups is 7. The number of hydrogen-bond acceptors (Lipinski definition) is 20. The van der Waals surface area contributed by atoms with Gasteiger partial charge in [-0.05, 0) is 35.4 Å². The maximum absolute atomic E-state index is 13.7. The molecule has 26 nitrogen and oxygen atoms in total. The standard InChI is InChI=1S/C46H48N6O20S/c1-18(73)20(11-34(55)56)41(61)48-7-4-32(53)47-6-5-33(54)50-27-8-19(2-3-29(27)71-45-39(60)37(58)38(59)40(72-45)43(63)64)15-68-46(66)49-13-23-21-10-30-31(70-17-69-30)12-26(21)51-35-24(23)14-52-28(35)9-22-25(42(52)62)16-67-44(65)36(22)57/h2-3,8-10,12,18,20,36-40,45,57-60,73H,4-7,11,13-17H2,1H3,(H,47,53)(H,48,61)(H,49,66)(H,50,54)(H,55,56)(H,63,64)/t18?,20?,36-,37?,38-,39?,40?,45+/m0/s1. The topological polar surface area (TPSA) is 379 Å². The van der Waals surface area contributed by atoms with Crippen LogP contribution in [0.1, 0.15) is 60.1 Å². The summed E-state index contributed by atoms with van der Waals surface area (Å²) in [6, 6.07) is 8.81. The lowest BCUT2D eigenvalue weighted by atomic mass is 9.98. The van der Waals surface area contributed by atoms with Crippen molar-refractivity contribution >= 4 is 70.9 Å². The van der Waals surface area contributed by atoms with Crippen molar-refractivity contribution in [3.8, 4) is 28.6 Å². The summed E-state index contributed by atoms with van der Waals surface area (Å²) < 4.78 is 34.2. The van der Waals surface area contributed by atoms with Gasteiger partial charge in [-0.15, -0.1) is 0 Å². The van der Waals surface area contributed by atoms with Gasteiger partial charge in [0.2, 0.25) is 30.8 Å². The Morgan fingerprint density at radius 2 is 1.60 bits per heavy atom. The Labute approximate surface area is 416 Å². The number of aliphatic hydroxyl groups excluding tert-OH is 4. The summed E-state index contributed by atoms with van der Waals surface area (Å²) in [5.41, 5.74) is 1.99. The van der Waals surface area contributed by atoms with E-state index in [0.29, 0.717) is 44.9 Å². The molecule has 8 rings (SSSR count). The summed E-state index contributed by atoms with van der Waals surface area (Å²) in [6.07, 6.45) is -13.5. The Hall–Kier alpha value is -7.56. The lowest BCUT2D eigenvalue weighted by molar-refractivity contribution is -0.271. The number of nitrogens with zero attached hydrogens (tertiary/aromatic N) is 2. The van der Waals surface area contributed by atoms with Crippen LogP contribution in [0.3, 0.4) is 0 Å². The first kappa shape index (κ1) is 51.8. The van der Waals surface area contributed by atoms with Gasteiger partial charge in [-0.1, -0.05) is 13.0 Å². The maximum atomic E-state index is 13.7. The molecule has 1 fully saturated rings. The lowest BCUT2D eigenvalue weighted by Gasteiger charge is -2.38. The van der Waals surface area contributed by atoms with Crippen molar-refractivity contribution in [2.24, 2.45) is 5.92 Å². The number of carboxylic acid groups (broad SMARTS) is 2. The van der Waals surface area contributed by atoms with Gasteiger partial charge in [0.05, 0.1) is 47.0 Å². The van der Waals surface area contributed by atoms with Crippen molar-refractivity contribution in [1.29, 1.82) is 0 Å². The third kappa shape index (κ3) is 11.1. The minimum atomic E-state index is -2.03. The van der Waals surface area contributed by atoms with Crippen LogP contribution in [-0.2, 0) is 69.3 Å². The molecule has 0 saturated carbocycles. The zero-order valence-corrected chi connectivity index (χ0v) is 39.3. The fraction of sp³-hybridized carbons (Fsp3) is 0.413. The highest BCUT2D eigenvalue weighted by molar-refractivity contribution is 7.81. The Balaban J connectivity index is 0.955. The van der Waals surface area contributed by atoms with Crippen LogP contribution in [0, 0.1) is 5.92 Å². The van der Waals surface area contributed by atoms with Crippen LogP contribution in [0.4, 0.5) is 10.5 Å². The fourth-order valence-electron chi connectivity index (χ4n) is 8.52. The fourth-order valence-corrected chi connectivity index (χ4v) is 8.76. The average Bonchev–Trinajstić information content (AvgIpc) is 3.96. The number of esters is 1. The number of cyclic esters (lactones) is 1. The van der Waals surface area contributed by atoms with E-state index in [2.05, 4.69) is 33.9 Å². The second kappa shape index (κ2) is 21.7. The lowest BCUT2D eigenvalue weighted by Crippen LogP contribution is -2.61. The maximum Gasteiger partial charge on any atom is 0.407 e. The molecule has 8 atom stereocenters. The van der Waals surface area contributed by atoms with E-state index >= 15 is 0 Å². The highest BCUT2D eigenvalue weighted by Crippen LogP contribution is 2.42. The number of pyridine rings is 2. The quantitative estimate of drug-likeness (QED) is 0.0382. The number of carbonyl (C=O) groups excluding carboxylic acids is 5. The molecule has 0 aliphatic carbocycles. The van der Waals surface area contributed by atoms with E-state index in [9.17, 15) is 63.9 Å². The minimum absolute atomic E-state index is 0.00693. The molecule has 2 aromatic carbocycles. The van der Waals surface area contributed by atoms with Gasteiger partial charge in [-0.2, -0.15) is 12.6 Å². The van der Waals surface area contributed by atoms with Crippen LogP contribution < -0.4 is 41.0 Å². The molecule has 4 aliphatic heterocycles. The summed E-state index contributed by atoms with van der Waals surface area (Å²) >= 11 is 4.17. The summed E-state index contributed by atoms with van der Waals surface area (Å²) in [5.74, 6) is -5.98. The molecule has 4 aromatic rings. The molecule has 0 spiro atoms. The second-order valence-electron chi connectivity index (χ2n) is 17.3. The predicted octanol–water partition coefficient (Wildman–Crippen LogP) is -0.698. The van der Waals surface area contributed by atoms with E-state index in [1.165, 1.54) is 28.8 Å².